The van der Waals surface area contributed by atoms with Gasteiger partial charge in [0.25, 0.3) is 0 Å². The number of rotatable bonds is 6. The molecular weight excluding hydrogens is 316 g/mol. The van der Waals surface area contributed by atoms with Gasteiger partial charge in [0.2, 0.25) is 5.91 Å². The summed E-state index contributed by atoms with van der Waals surface area (Å²) in [6, 6.07) is 7.51. The molecule has 0 unspecified atom stereocenters. The average molecular weight is 340 g/mol. The summed E-state index contributed by atoms with van der Waals surface area (Å²) in [7, 11) is 1.92. The Morgan fingerprint density at radius 1 is 1.36 bits per heavy atom. The van der Waals surface area contributed by atoms with Gasteiger partial charge in [0.1, 0.15) is 5.75 Å². The standard InChI is InChI=1S/C19H24N4O2/c1-3-25-18-7-5-4-6-17(18)21-19(24)14-23-10-8-15(9-11-23)16-12-20-22(2)13-16/h4-8,12-13H,3,9-11,14H2,1-2H3,(H,21,24). The van der Waals surface area contributed by atoms with Crippen LogP contribution in [-0.2, 0) is 11.8 Å². The van der Waals surface area contributed by atoms with E-state index in [0.717, 1.165) is 30.8 Å². The Labute approximate surface area is 148 Å². The maximum Gasteiger partial charge on any atom is 0.238 e. The van der Waals surface area contributed by atoms with Crippen LogP contribution in [0.4, 0.5) is 5.69 Å². The molecule has 1 aliphatic heterocycles. The number of nitrogens with zero attached hydrogens (tertiary/aromatic N) is 3. The second kappa shape index (κ2) is 7.98. The Balaban J connectivity index is 1.55. The van der Waals surface area contributed by atoms with Crippen LogP contribution in [-0.4, -0.2) is 46.8 Å². The van der Waals surface area contributed by atoms with Crippen LogP contribution < -0.4 is 10.1 Å². The number of ether oxygens (including phenoxy) is 1. The van der Waals surface area contributed by atoms with E-state index in [0.29, 0.717) is 18.9 Å². The van der Waals surface area contributed by atoms with Gasteiger partial charge in [-0.1, -0.05) is 18.2 Å². The molecule has 2 aromatic rings. The van der Waals surface area contributed by atoms with Gasteiger partial charge in [-0.3, -0.25) is 14.4 Å². The minimum atomic E-state index is -0.0228. The van der Waals surface area contributed by atoms with Gasteiger partial charge in [-0.25, -0.2) is 0 Å². The summed E-state index contributed by atoms with van der Waals surface area (Å²) in [6.45, 7) is 4.50. The summed E-state index contributed by atoms with van der Waals surface area (Å²) < 4.78 is 7.36. The van der Waals surface area contributed by atoms with Gasteiger partial charge in [-0.2, -0.15) is 5.10 Å². The number of nitrogens with one attached hydrogen (secondary N) is 1. The fourth-order valence-corrected chi connectivity index (χ4v) is 2.95. The molecular formula is C19H24N4O2. The highest BCUT2D eigenvalue weighted by molar-refractivity contribution is 5.93. The Kier molecular flexibility index (Phi) is 5.50. The minimum absolute atomic E-state index is 0.0228. The third kappa shape index (κ3) is 4.48. The number of carbonyl (C=O) groups is 1. The Morgan fingerprint density at radius 3 is 2.88 bits per heavy atom. The first kappa shape index (κ1) is 17.2. The molecule has 0 atom stereocenters. The van der Waals surface area contributed by atoms with Crippen molar-refractivity contribution in [2.24, 2.45) is 7.05 Å². The van der Waals surface area contributed by atoms with E-state index in [2.05, 4.69) is 21.4 Å². The molecule has 6 nitrogen and oxygen atoms in total. The van der Waals surface area contributed by atoms with Gasteiger partial charge in [0, 0.05) is 31.9 Å². The van der Waals surface area contributed by atoms with Crippen molar-refractivity contribution in [3.05, 3.63) is 48.3 Å². The van der Waals surface area contributed by atoms with Crippen molar-refractivity contribution in [1.82, 2.24) is 14.7 Å². The molecule has 0 radical (unpaired) electrons. The van der Waals surface area contributed by atoms with Crippen molar-refractivity contribution >= 4 is 17.2 Å². The van der Waals surface area contributed by atoms with Gasteiger partial charge in [0.15, 0.2) is 0 Å². The maximum atomic E-state index is 12.3. The fourth-order valence-electron chi connectivity index (χ4n) is 2.95. The molecule has 0 aliphatic carbocycles. The number of hydrogen-bond donors (Lipinski definition) is 1. The number of carbonyl (C=O) groups excluding carboxylic acids is 1. The van der Waals surface area contributed by atoms with Crippen LogP contribution in [0, 0.1) is 0 Å². The number of para-hydroxylation sites is 2. The first-order valence-corrected chi connectivity index (χ1v) is 8.58. The van der Waals surface area contributed by atoms with Crippen LogP contribution in [0.15, 0.2) is 42.7 Å². The topological polar surface area (TPSA) is 59.4 Å². The fraction of sp³-hybridized carbons (Fsp3) is 0.368. The van der Waals surface area contributed by atoms with Gasteiger partial charge >= 0.3 is 0 Å². The zero-order chi connectivity index (χ0) is 17.6. The highest BCUT2D eigenvalue weighted by Crippen LogP contribution is 2.24. The summed E-state index contributed by atoms with van der Waals surface area (Å²) in [4.78, 5) is 14.5. The number of amides is 1. The molecule has 0 spiro atoms. The lowest BCUT2D eigenvalue weighted by Gasteiger charge is -2.25. The minimum Gasteiger partial charge on any atom is -0.492 e. The normalized spacial score (nSPS) is 14.9. The molecule has 1 aromatic carbocycles. The lowest BCUT2D eigenvalue weighted by Crippen LogP contribution is -2.36. The van der Waals surface area contributed by atoms with Crippen molar-refractivity contribution in [2.75, 3.05) is 31.6 Å². The third-order valence-corrected chi connectivity index (χ3v) is 4.20. The molecule has 0 bridgehead atoms. The quantitative estimate of drug-likeness (QED) is 0.878. The van der Waals surface area contributed by atoms with E-state index < -0.39 is 0 Å². The predicted octanol–water partition coefficient (Wildman–Crippen LogP) is 2.55. The molecule has 6 heteroatoms. The molecule has 1 N–H and O–H groups in total. The summed E-state index contributed by atoms with van der Waals surface area (Å²) in [5, 5.41) is 7.16. The van der Waals surface area contributed by atoms with Gasteiger partial charge < -0.3 is 10.1 Å². The van der Waals surface area contributed by atoms with Crippen molar-refractivity contribution in [2.45, 2.75) is 13.3 Å². The van der Waals surface area contributed by atoms with Crippen molar-refractivity contribution in [3.63, 3.8) is 0 Å². The van der Waals surface area contributed by atoms with E-state index in [-0.39, 0.29) is 5.91 Å². The summed E-state index contributed by atoms with van der Waals surface area (Å²) in [5.74, 6) is 0.682. The molecule has 1 aliphatic rings. The van der Waals surface area contributed by atoms with E-state index in [1.807, 2.05) is 55.3 Å². The molecule has 25 heavy (non-hydrogen) atoms. The van der Waals surface area contributed by atoms with E-state index in [1.165, 1.54) is 5.57 Å². The maximum absolute atomic E-state index is 12.3. The number of anilines is 1. The lowest BCUT2D eigenvalue weighted by atomic mass is 10.0. The largest absolute Gasteiger partial charge is 0.492 e. The number of aryl methyl sites for hydroxylation is 1. The van der Waals surface area contributed by atoms with Crippen LogP contribution in [0.3, 0.4) is 0 Å². The highest BCUT2D eigenvalue weighted by atomic mass is 16.5. The third-order valence-electron chi connectivity index (χ3n) is 4.20. The van der Waals surface area contributed by atoms with Crippen molar-refractivity contribution < 1.29 is 9.53 Å². The van der Waals surface area contributed by atoms with Crippen LogP contribution in [0.5, 0.6) is 5.75 Å². The Morgan fingerprint density at radius 2 is 2.20 bits per heavy atom. The SMILES string of the molecule is CCOc1ccccc1NC(=O)CN1CC=C(c2cnn(C)c2)CC1. The smallest absolute Gasteiger partial charge is 0.238 e. The van der Waals surface area contributed by atoms with Gasteiger partial charge in [0.05, 0.1) is 25.0 Å². The van der Waals surface area contributed by atoms with E-state index in [1.54, 1.807) is 0 Å². The molecule has 0 saturated carbocycles. The Bertz CT molecular complexity index is 766. The molecule has 0 saturated heterocycles. The van der Waals surface area contributed by atoms with E-state index in [9.17, 15) is 4.79 Å². The molecule has 0 fully saturated rings. The van der Waals surface area contributed by atoms with E-state index in [4.69, 9.17) is 4.74 Å². The Hall–Kier alpha value is -2.60. The van der Waals surface area contributed by atoms with Crippen molar-refractivity contribution in [3.8, 4) is 5.75 Å². The van der Waals surface area contributed by atoms with Crippen molar-refractivity contribution in [1.29, 1.82) is 0 Å². The second-order valence-corrected chi connectivity index (χ2v) is 6.09. The summed E-state index contributed by atoms with van der Waals surface area (Å²) in [5.41, 5.74) is 3.18. The number of benzene rings is 1. The zero-order valence-corrected chi connectivity index (χ0v) is 14.7. The second-order valence-electron chi connectivity index (χ2n) is 6.09. The molecule has 132 valence electrons. The molecule has 2 heterocycles. The lowest BCUT2D eigenvalue weighted by molar-refractivity contribution is -0.117. The number of aromatic nitrogens is 2. The van der Waals surface area contributed by atoms with Crippen LogP contribution in [0.1, 0.15) is 18.9 Å². The van der Waals surface area contributed by atoms with Crippen LogP contribution in [0.2, 0.25) is 0 Å². The first-order valence-electron chi connectivity index (χ1n) is 8.58. The zero-order valence-electron chi connectivity index (χ0n) is 14.7. The average Bonchev–Trinajstić information content (AvgIpc) is 3.04. The summed E-state index contributed by atoms with van der Waals surface area (Å²) >= 11 is 0. The van der Waals surface area contributed by atoms with Crippen LogP contribution in [0.25, 0.3) is 5.57 Å². The molecule has 3 rings (SSSR count). The molecule has 1 amide bonds. The summed E-state index contributed by atoms with van der Waals surface area (Å²) in [6.07, 6.45) is 7.02. The predicted molar refractivity (Wildman–Crippen MR) is 98.5 cm³/mol. The van der Waals surface area contributed by atoms with Crippen LogP contribution >= 0.6 is 0 Å². The van der Waals surface area contributed by atoms with E-state index >= 15 is 0 Å². The number of hydrogen-bond acceptors (Lipinski definition) is 4. The highest BCUT2D eigenvalue weighted by Gasteiger charge is 2.17. The monoisotopic (exact) mass is 340 g/mol. The van der Waals surface area contributed by atoms with Gasteiger partial charge in [-0.15, -0.1) is 0 Å². The van der Waals surface area contributed by atoms with Gasteiger partial charge in [-0.05, 0) is 31.1 Å². The first-order chi connectivity index (χ1) is 12.2. The molecule has 1 aromatic heterocycles.